The van der Waals surface area contributed by atoms with Gasteiger partial charge in [-0.05, 0) is 30.5 Å². The number of rotatable bonds is 7. The molecule has 0 radical (unpaired) electrons. The molecule has 4 heteroatoms. The summed E-state index contributed by atoms with van der Waals surface area (Å²) in [7, 11) is 1.70. The number of hydrogen-bond donors (Lipinski definition) is 2. The van der Waals surface area contributed by atoms with E-state index in [2.05, 4.69) is 5.32 Å². The summed E-state index contributed by atoms with van der Waals surface area (Å²) in [6, 6.07) is 7.76. The van der Waals surface area contributed by atoms with Crippen LogP contribution < -0.4 is 11.1 Å². The van der Waals surface area contributed by atoms with E-state index in [1.165, 1.54) is 5.56 Å². The van der Waals surface area contributed by atoms with Crippen LogP contribution in [-0.2, 0) is 11.3 Å². The lowest BCUT2D eigenvalue weighted by Crippen LogP contribution is -2.36. The molecule has 0 aliphatic carbocycles. The minimum atomic E-state index is 0.0193. The third kappa shape index (κ3) is 5.47. The third-order valence-corrected chi connectivity index (χ3v) is 2.60. The molecule has 3 nitrogen and oxygen atoms in total. The van der Waals surface area contributed by atoms with E-state index in [-0.39, 0.29) is 6.17 Å². The number of benzene rings is 1. The van der Waals surface area contributed by atoms with Crippen molar-refractivity contribution in [2.24, 2.45) is 5.73 Å². The van der Waals surface area contributed by atoms with E-state index in [1.807, 2.05) is 24.3 Å². The van der Waals surface area contributed by atoms with E-state index >= 15 is 0 Å². The van der Waals surface area contributed by atoms with Gasteiger partial charge in [0.25, 0.3) is 0 Å². The molecule has 0 amide bonds. The van der Waals surface area contributed by atoms with Gasteiger partial charge in [0.2, 0.25) is 0 Å². The van der Waals surface area contributed by atoms with Gasteiger partial charge in [-0.1, -0.05) is 23.7 Å². The van der Waals surface area contributed by atoms with Gasteiger partial charge in [0.05, 0.1) is 6.17 Å². The average Bonchev–Trinajstić information content (AvgIpc) is 2.29. The van der Waals surface area contributed by atoms with Crippen LogP contribution in [0, 0.1) is 0 Å². The van der Waals surface area contributed by atoms with Crippen LogP contribution in [0.5, 0.6) is 0 Å². The van der Waals surface area contributed by atoms with Crippen LogP contribution in [0.3, 0.4) is 0 Å². The number of hydrogen-bond acceptors (Lipinski definition) is 3. The maximum atomic E-state index is 5.90. The van der Waals surface area contributed by atoms with Crippen LogP contribution in [0.15, 0.2) is 24.3 Å². The fourth-order valence-electron chi connectivity index (χ4n) is 1.40. The molecule has 1 rings (SSSR count). The maximum absolute atomic E-state index is 5.90. The summed E-state index contributed by atoms with van der Waals surface area (Å²) in [5.41, 5.74) is 7.09. The zero-order chi connectivity index (χ0) is 11.8. The quantitative estimate of drug-likeness (QED) is 0.569. The first-order chi connectivity index (χ1) is 7.72. The second-order valence-corrected chi connectivity index (χ2v) is 4.19. The molecule has 1 aromatic carbocycles. The average molecular weight is 243 g/mol. The summed E-state index contributed by atoms with van der Waals surface area (Å²) < 4.78 is 4.97. The summed E-state index contributed by atoms with van der Waals surface area (Å²) in [6.45, 7) is 1.53. The Labute approximate surface area is 102 Å². The number of methoxy groups -OCH3 is 1. The molecule has 0 saturated carbocycles. The Morgan fingerprint density at radius 3 is 2.69 bits per heavy atom. The Morgan fingerprint density at radius 1 is 1.38 bits per heavy atom. The van der Waals surface area contributed by atoms with Gasteiger partial charge in [-0.2, -0.15) is 0 Å². The Kier molecular flexibility index (Phi) is 6.42. The van der Waals surface area contributed by atoms with Crippen LogP contribution in [0.25, 0.3) is 0 Å². The summed E-state index contributed by atoms with van der Waals surface area (Å²) in [4.78, 5) is 0. The molecule has 0 aliphatic rings. The second-order valence-electron chi connectivity index (χ2n) is 3.75. The Balaban J connectivity index is 2.20. The molecule has 1 atom stereocenters. The Bertz CT molecular complexity index is 290. The smallest absolute Gasteiger partial charge is 0.0549 e. The minimum absolute atomic E-state index is 0.0193. The van der Waals surface area contributed by atoms with Crippen molar-refractivity contribution in [3.8, 4) is 0 Å². The fraction of sp³-hybridized carbons (Fsp3) is 0.500. The highest BCUT2D eigenvalue weighted by Gasteiger charge is 2.01. The molecule has 90 valence electrons. The summed E-state index contributed by atoms with van der Waals surface area (Å²) >= 11 is 5.80. The molecule has 0 spiro atoms. The first-order valence-corrected chi connectivity index (χ1v) is 5.82. The van der Waals surface area contributed by atoms with Gasteiger partial charge in [-0.3, -0.25) is 5.32 Å². The topological polar surface area (TPSA) is 47.3 Å². The molecular weight excluding hydrogens is 224 g/mol. The van der Waals surface area contributed by atoms with Crippen molar-refractivity contribution in [2.45, 2.75) is 25.6 Å². The Hall–Kier alpha value is -0.610. The fourth-order valence-corrected chi connectivity index (χ4v) is 1.53. The molecule has 3 N–H and O–H groups in total. The van der Waals surface area contributed by atoms with Gasteiger partial charge in [-0.25, -0.2) is 0 Å². The summed E-state index contributed by atoms with van der Waals surface area (Å²) in [5, 5.41) is 4.01. The van der Waals surface area contributed by atoms with Crippen molar-refractivity contribution in [1.82, 2.24) is 5.32 Å². The first-order valence-electron chi connectivity index (χ1n) is 5.44. The molecular formula is C12H19ClN2O. The van der Waals surface area contributed by atoms with Gasteiger partial charge < -0.3 is 10.5 Å². The zero-order valence-electron chi connectivity index (χ0n) is 9.58. The van der Waals surface area contributed by atoms with Gasteiger partial charge >= 0.3 is 0 Å². The number of nitrogens with two attached hydrogens (primary N) is 1. The minimum Gasteiger partial charge on any atom is -0.385 e. The van der Waals surface area contributed by atoms with Crippen molar-refractivity contribution in [1.29, 1.82) is 0 Å². The molecule has 1 aromatic rings. The molecule has 0 saturated heterocycles. The van der Waals surface area contributed by atoms with E-state index in [1.54, 1.807) is 7.11 Å². The number of nitrogens with one attached hydrogen (secondary N) is 1. The van der Waals surface area contributed by atoms with Crippen molar-refractivity contribution in [3.63, 3.8) is 0 Å². The lowest BCUT2D eigenvalue weighted by atomic mass is 10.2. The van der Waals surface area contributed by atoms with Gasteiger partial charge in [-0.15, -0.1) is 0 Å². The number of halogens is 1. The highest BCUT2D eigenvalue weighted by molar-refractivity contribution is 6.30. The molecule has 0 fully saturated rings. The lowest BCUT2D eigenvalue weighted by Gasteiger charge is -2.13. The molecule has 1 unspecified atom stereocenters. The Morgan fingerprint density at radius 2 is 2.06 bits per heavy atom. The standard InChI is InChI=1S/C12H19ClN2O/c1-16-8-2-3-12(14)15-9-10-4-6-11(13)7-5-10/h4-7,12,15H,2-3,8-9,14H2,1H3. The third-order valence-electron chi connectivity index (χ3n) is 2.35. The van der Waals surface area contributed by atoms with Crippen LogP contribution in [0.4, 0.5) is 0 Å². The van der Waals surface area contributed by atoms with Crippen molar-refractivity contribution in [3.05, 3.63) is 34.9 Å². The van der Waals surface area contributed by atoms with E-state index < -0.39 is 0 Å². The van der Waals surface area contributed by atoms with E-state index in [0.717, 1.165) is 31.0 Å². The van der Waals surface area contributed by atoms with Crippen LogP contribution in [-0.4, -0.2) is 19.9 Å². The maximum Gasteiger partial charge on any atom is 0.0549 e. The highest BCUT2D eigenvalue weighted by Crippen LogP contribution is 2.09. The largest absolute Gasteiger partial charge is 0.385 e. The van der Waals surface area contributed by atoms with Gasteiger partial charge in [0.1, 0.15) is 0 Å². The van der Waals surface area contributed by atoms with E-state index in [4.69, 9.17) is 22.1 Å². The summed E-state index contributed by atoms with van der Waals surface area (Å²) in [6.07, 6.45) is 1.91. The molecule has 0 bridgehead atoms. The van der Waals surface area contributed by atoms with E-state index in [0.29, 0.717) is 0 Å². The lowest BCUT2D eigenvalue weighted by molar-refractivity contribution is 0.189. The SMILES string of the molecule is COCCCC(N)NCc1ccc(Cl)cc1. The van der Waals surface area contributed by atoms with Crippen LogP contribution >= 0.6 is 11.6 Å². The first kappa shape index (κ1) is 13.5. The zero-order valence-corrected chi connectivity index (χ0v) is 10.3. The van der Waals surface area contributed by atoms with Crippen LogP contribution in [0.1, 0.15) is 18.4 Å². The predicted octanol–water partition coefficient (Wildman–Crippen LogP) is 2.14. The van der Waals surface area contributed by atoms with Crippen LogP contribution in [0.2, 0.25) is 5.02 Å². The normalized spacial score (nSPS) is 12.7. The van der Waals surface area contributed by atoms with Crippen molar-refractivity contribution < 1.29 is 4.74 Å². The van der Waals surface area contributed by atoms with E-state index in [9.17, 15) is 0 Å². The summed E-state index contributed by atoms with van der Waals surface area (Å²) in [5.74, 6) is 0. The molecule has 16 heavy (non-hydrogen) atoms. The monoisotopic (exact) mass is 242 g/mol. The highest BCUT2D eigenvalue weighted by atomic mass is 35.5. The molecule has 0 aliphatic heterocycles. The second kappa shape index (κ2) is 7.63. The predicted molar refractivity (Wildman–Crippen MR) is 67.4 cm³/mol. The van der Waals surface area contributed by atoms with Gasteiger partial charge in [0.15, 0.2) is 0 Å². The molecule has 0 heterocycles. The number of ether oxygens (including phenoxy) is 1. The van der Waals surface area contributed by atoms with Gasteiger partial charge in [0, 0.05) is 25.3 Å². The van der Waals surface area contributed by atoms with Crippen molar-refractivity contribution >= 4 is 11.6 Å². The molecule has 0 aromatic heterocycles. The van der Waals surface area contributed by atoms with Crippen molar-refractivity contribution in [2.75, 3.05) is 13.7 Å².